The number of carbonyl (C=O) groups is 1. The fraction of sp³-hybridized carbons (Fsp3) is 0.632. The number of thioether (sulfide) groups is 1. The average molecular weight is 395 g/mol. The van der Waals surface area contributed by atoms with E-state index in [1.807, 2.05) is 18.7 Å². The minimum Gasteiger partial charge on any atom is -0.325 e. The van der Waals surface area contributed by atoms with Crippen molar-refractivity contribution in [1.82, 2.24) is 0 Å². The monoisotopic (exact) mass is 394 g/mol. The Labute approximate surface area is 159 Å². The van der Waals surface area contributed by atoms with Gasteiger partial charge in [-0.05, 0) is 81.4 Å². The molecule has 1 atom stereocenters. The summed E-state index contributed by atoms with van der Waals surface area (Å²) in [6.07, 6.45) is 7.93. The first-order valence-corrected chi connectivity index (χ1v) is 11.8. The van der Waals surface area contributed by atoms with Crippen molar-refractivity contribution >= 4 is 33.4 Å². The second-order valence-corrected chi connectivity index (χ2v) is 11.8. The maximum atomic E-state index is 12.7. The van der Waals surface area contributed by atoms with Gasteiger partial charge in [0.05, 0.1) is 10.1 Å². The van der Waals surface area contributed by atoms with Crippen LogP contribution in [0.25, 0.3) is 0 Å². The third kappa shape index (κ3) is 3.66. The number of carbonyl (C=O) groups excluding carboxylic acids is 1. The molecule has 5 rings (SSSR count). The molecule has 4 bridgehead atoms. The van der Waals surface area contributed by atoms with Gasteiger partial charge in [0.2, 0.25) is 15.9 Å². The lowest BCUT2D eigenvalue weighted by Gasteiger charge is -2.57. The quantitative estimate of drug-likeness (QED) is 0.801. The predicted molar refractivity (Wildman–Crippen MR) is 104 cm³/mol. The Kier molecular flexibility index (Phi) is 4.60. The van der Waals surface area contributed by atoms with Gasteiger partial charge in [-0.15, -0.1) is 11.8 Å². The van der Waals surface area contributed by atoms with Crippen LogP contribution in [0.3, 0.4) is 0 Å². The zero-order chi connectivity index (χ0) is 18.5. The van der Waals surface area contributed by atoms with Crippen molar-refractivity contribution in [3.05, 3.63) is 24.3 Å². The Morgan fingerprint density at radius 1 is 1.19 bits per heavy atom. The van der Waals surface area contributed by atoms with Gasteiger partial charge >= 0.3 is 0 Å². The van der Waals surface area contributed by atoms with Crippen molar-refractivity contribution in [3.63, 3.8) is 0 Å². The van der Waals surface area contributed by atoms with E-state index in [-0.39, 0.29) is 20.8 Å². The molecule has 0 heterocycles. The van der Waals surface area contributed by atoms with Gasteiger partial charge in [-0.3, -0.25) is 4.79 Å². The summed E-state index contributed by atoms with van der Waals surface area (Å²) in [6.45, 7) is 1.96. The number of primary sulfonamides is 1. The van der Waals surface area contributed by atoms with Crippen LogP contribution in [0.4, 0.5) is 5.69 Å². The summed E-state index contributed by atoms with van der Waals surface area (Å²) in [5.74, 6) is 2.50. The van der Waals surface area contributed by atoms with Crippen LogP contribution >= 0.6 is 11.8 Å². The lowest BCUT2D eigenvalue weighted by molar-refractivity contribution is -0.115. The molecule has 1 aromatic carbocycles. The molecule has 0 saturated heterocycles. The Bertz CT molecular complexity index is 787. The zero-order valence-electron chi connectivity index (χ0n) is 15.0. The predicted octanol–water partition coefficient (Wildman–Crippen LogP) is 3.36. The standard InChI is InChI=1S/C19H26N2O3S2/c1-12(18(22)21-16-3-2-4-17(8-16)26(20,23)24)25-19-9-13-5-14(10-19)7-15(6-13)11-19/h2-4,8,12-15H,5-7,9-11H2,1H3,(H,21,22)(H2,20,23,24). The van der Waals surface area contributed by atoms with Crippen LogP contribution in [-0.4, -0.2) is 24.3 Å². The second kappa shape index (κ2) is 6.53. The van der Waals surface area contributed by atoms with Crippen molar-refractivity contribution in [1.29, 1.82) is 0 Å². The highest BCUT2D eigenvalue weighted by Gasteiger charge is 2.52. The van der Waals surface area contributed by atoms with E-state index in [9.17, 15) is 13.2 Å². The van der Waals surface area contributed by atoms with Crippen LogP contribution in [0.1, 0.15) is 45.4 Å². The maximum Gasteiger partial charge on any atom is 0.238 e. The lowest BCUT2D eigenvalue weighted by Crippen LogP contribution is -2.49. The van der Waals surface area contributed by atoms with Gasteiger partial charge in [0.15, 0.2) is 0 Å². The molecule has 3 N–H and O–H groups in total. The number of nitrogens with one attached hydrogen (secondary N) is 1. The van der Waals surface area contributed by atoms with Gasteiger partial charge in [0.1, 0.15) is 0 Å². The highest BCUT2D eigenvalue weighted by molar-refractivity contribution is 8.02. The van der Waals surface area contributed by atoms with Crippen molar-refractivity contribution in [2.24, 2.45) is 22.9 Å². The fourth-order valence-electron chi connectivity index (χ4n) is 5.60. The SMILES string of the molecule is CC(SC12CC3CC(CC(C3)C1)C2)C(=O)Nc1cccc(S(N)(=O)=O)c1. The van der Waals surface area contributed by atoms with E-state index in [1.54, 1.807) is 12.1 Å². The first-order valence-electron chi connectivity index (χ1n) is 9.34. The molecule has 1 amide bonds. The van der Waals surface area contributed by atoms with Crippen LogP contribution in [0.5, 0.6) is 0 Å². The van der Waals surface area contributed by atoms with Gasteiger partial charge < -0.3 is 5.32 Å². The van der Waals surface area contributed by atoms with E-state index in [4.69, 9.17) is 5.14 Å². The number of nitrogens with two attached hydrogens (primary N) is 1. The summed E-state index contributed by atoms with van der Waals surface area (Å²) in [6, 6.07) is 6.12. The van der Waals surface area contributed by atoms with Crippen molar-refractivity contribution in [2.45, 2.75) is 60.3 Å². The van der Waals surface area contributed by atoms with Crippen molar-refractivity contribution in [2.75, 3.05) is 5.32 Å². The highest BCUT2D eigenvalue weighted by Crippen LogP contribution is 2.61. The van der Waals surface area contributed by atoms with Crippen molar-refractivity contribution in [3.8, 4) is 0 Å². The maximum absolute atomic E-state index is 12.7. The third-order valence-corrected chi connectivity index (χ3v) is 8.69. The number of hydrogen-bond donors (Lipinski definition) is 2. The van der Waals surface area contributed by atoms with Gasteiger partial charge in [-0.1, -0.05) is 6.07 Å². The molecule has 0 radical (unpaired) electrons. The summed E-state index contributed by atoms with van der Waals surface area (Å²) < 4.78 is 23.2. The van der Waals surface area contributed by atoms with E-state index >= 15 is 0 Å². The number of rotatable bonds is 5. The van der Waals surface area contributed by atoms with E-state index < -0.39 is 10.0 Å². The molecule has 4 aliphatic rings. The van der Waals surface area contributed by atoms with Crippen LogP contribution in [-0.2, 0) is 14.8 Å². The molecule has 4 saturated carbocycles. The summed E-state index contributed by atoms with van der Waals surface area (Å²) in [4.78, 5) is 12.7. The Hall–Kier alpha value is -1.05. The Morgan fingerprint density at radius 2 is 1.77 bits per heavy atom. The molecular weight excluding hydrogens is 368 g/mol. The van der Waals surface area contributed by atoms with Gasteiger partial charge in [0, 0.05) is 10.4 Å². The Balaban J connectivity index is 1.43. The number of benzene rings is 1. The van der Waals surface area contributed by atoms with Crippen LogP contribution in [0, 0.1) is 17.8 Å². The first-order chi connectivity index (χ1) is 12.2. The molecule has 1 aromatic rings. The minimum atomic E-state index is -3.77. The molecule has 5 nitrogen and oxygen atoms in total. The lowest BCUT2D eigenvalue weighted by atomic mass is 9.56. The van der Waals surface area contributed by atoms with E-state index in [0.717, 1.165) is 17.8 Å². The summed E-state index contributed by atoms with van der Waals surface area (Å²) in [5.41, 5.74) is 0.472. The summed E-state index contributed by atoms with van der Waals surface area (Å²) in [5, 5.41) is 7.86. The highest BCUT2D eigenvalue weighted by atomic mass is 32.2. The van der Waals surface area contributed by atoms with Gasteiger partial charge in [-0.2, -0.15) is 0 Å². The van der Waals surface area contributed by atoms with Crippen LogP contribution in [0.2, 0.25) is 0 Å². The number of hydrogen-bond acceptors (Lipinski definition) is 4. The molecular formula is C19H26N2O3S2. The summed E-state index contributed by atoms with van der Waals surface area (Å²) in [7, 11) is -3.77. The zero-order valence-corrected chi connectivity index (χ0v) is 16.6. The molecule has 0 aromatic heterocycles. The third-order valence-electron chi connectivity index (χ3n) is 6.21. The molecule has 0 aliphatic heterocycles. The second-order valence-electron chi connectivity index (χ2n) is 8.42. The average Bonchev–Trinajstić information content (AvgIpc) is 2.52. The first kappa shape index (κ1) is 18.3. The normalized spacial score (nSPS) is 33.8. The van der Waals surface area contributed by atoms with Crippen LogP contribution in [0.15, 0.2) is 29.2 Å². The molecule has 142 valence electrons. The fourth-order valence-corrected chi connectivity index (χ4v) is 8.07. The molecule has 0 spiro atoms. The molecule has 4 aliphatic carbocycles. The number of sulfonamides is 1. The van der Waals surface area contributed by atoms with Gasteiger partial charge in [-0.25, -0.2) is 13.6 Å². The van der Waals surface area contributed by atoms with Crippen LogP contribution < -0.4 is 10.5 Å². The van der Waals surface area contributed by atoms with E-state index in [0.29, 0.717) is 5.69 Å². The largest absolute Gasteiger partial charge is 0.325 e. The minimum absolute atomic E-state index is 0.0108. The topological polar surface area (TPSA) is 89.3 Å². The van der Waals surface area contributed by atoms with Crippen molar-refractivity contribution < 1.29 is 13.2 Å². The van der Waals surface area contributed by atoms with E-state index in [2.05, 4.69) is 5.32 Å². The molecule has 1 unspecified atom stereocenters. The molecule has 4 fully saturated rings. The number of anilines is 1. The smallest absolute Gasteiger partial charge is 0.238 e. The van der Waals surface area contributed by atoms with E-state index in [1.165, 1.54) is 50.7 Å². The molecule has 7 heteroatoms. The van der Waals surface area contributed by atoms with Gasteiger partial charge in [0.25, 0.3) is 0 Å². The summed E-state index contributed by atoms with van der Waals surface area (Å²) >= 11 is 1.84. The number of amides is 1. The molecule has 26 heavy (non-hydrogen) atoms. The Morgan fingerprint density at radius 3 is 2.31 bits per heavy atom.